The fraction of sp³-hybridized carbons (Fsp3) is 0.357. The molecule has 0 amide bonds. The molecule has 3 aromatic rings. The third-order valence-corrected chi connectivity index (χ3v) is 3.88. The van der Waals surface area contributed by atoms with E-state index in [1.54, 1.807) is 0 Å². The largest absolute Gasteiger partial charge is 0.353 e. The number of anilines is 1. The Morgan fingerprint density at radius 2 is 1.95 bits per heavy atom. The first-order valence-electron chi connectivity index (χ1n) is 7.30. The van der Waals surface area contributed by atoms with Crippen LogP contribution in [0.5, 0.6) is 0 Å². The van der Waals surface area contributed by atoms with Crippen molar-refractivity contribution in [2.75, 3.05) is 31.1 Å². The minimum absolute atomic E-state index is 0.666. The first-order valence-corrected chi connectivity index (χ1v) is 7.30. The summed E-state index contributed by atoms with van der Waals surface area (Å²) >= 11 is 0. The number of piperazine rings is 1. The van der Waals surface area contributed by atoms with Crippen molar-refractivity contribution in [2.45, 2.75) is 6.54 Å². The lowest BCUT2D eigenvalue weighted by molar-refractivity contribution is 0.249. The van der Waals surface area contributed by atoms with Crippen LogP contribution in [0.15, 0.2) is 36.7 Å². The van der Waals surface area contributed by atoms with Gasteiger partial charge in [0.25, 0.3) is 0 Å². The van der Waals surface area contributed by atoms with Crippen LogP contribution >= 0.6 is 0 Å². The zero-order chi connectivity index (χ0) is 14.8. The lowest BCUT2D eigenvalue weighted by Crippen LogP contribution is -2.46. The van der Waals surface area contributed by atoms with Gasteiger partial charge in [-0.05, 0) is 34.2 Å². The van der Waals surface area contributed by atoms with Gasteiger partial charge in [0, 0.05) is 45.1 Å². The van der Waals surface area contributed by atoms with Gasteiger partial charge in [-0.1, -0.05) is 6.07 Å². The number of rotatable bonds is 3. The van der Waals surface area contributed by atoms with Gasteiger partial charge in [0.1, 0.15) is 0 Å². The van der Waals surface area contributed by atoms with Gasteiger partial charge in [0.15, 0.2) is 11.5 Å². The van der Waals surface area contributed by atoms with Crippen LogP contribution in [0.1, 0.15) is 5.56 Å². The average Bonchev–Trinajstić information content (AvgIpc) is 3.04. The SMILES string of the molecule is c1cncc(CN2CCN(c3ccc4nnnn4n3)CC2)c1. The fourth-order valence-electron chi connectivity index (χ4n) is 2.69. The maximum absolute atomic E-state index is 4.45. The van der Waals surface area contributed by atoms with Crippen molar-refractivity contribution in [2.24, 2.45) is 0 Å². The normalized spacial score (nSPS) is 16.3. The predicted molar refractivity (Wildman–Crippen MR) is 80.3 cm³/mol. The van der Waals surface area contributed by atoms with Gasteiger partial charge >= 0.3 is 0 Å². The Balaban J connectivity index is 1.41. The van der Waals surface area contributed by atoms with Gasteiger partial charge in [-0.15, -0.1) is 14.8 Å². The minimum atomic E-state index is 0.666. The van der Waals surface area contributed by atoms with Crippen molar-refractivity contribution in [3.05, 3.63) is 42.2 Å². The van der Waals surface area contributed by atoms with Gasteiger partial charge in [-0.3, -0.25) is 9.88 Å². The van der Waals surface area contributed by atoms with Crippen LogP contribution < -0.4 is 4.90 Å². The van der Waals surface area contributed by atoms with Crippen molar-refractivity contribution >= 4 is 11.5 Å². The Labute approximate surface area is 127 Å². The Hall–Kier alpha value is -2.61. The first-order chi connectivity index (χ1) is 10.9. The van der Waals surface area contributed by atoms with Gasteiger partial charge in [0.05, 0.1) is 0 Å². The zero-order valence-electron chi connectivity index (χ0n) is 12.1. The summed E-state index contributed by atoms with van der Waals surface area (Å²) in [6, 6.07) is 7.97. The van der Waals surface area contributed by atoms with Crippen molar-refractivity contribution in [1.29, 1.82) is 0 Å². The van der Waals surface area contributed by atoms with Gasteiger partial charge in [-0.2, -0.15) is 0 Å². The van der Waals surface area contributed by atoms with Crippen molar-refractivity contribution in [3.63, 3.8) is 0 Å². The monoisotopic (exact) mass is 296 g/mol. The van der Waals surface area contributed by atoms with Gasteiger partial charge in [-0.25, -0.2) is 0 Å². The second-order valence-electron chi connectivity index (χ2n) is 5.34. The molecule has 8 nitrogen and oxygen atoms in total. The molecule has 0 unspecified atom stereocenters. The Morgan fingerprint density at radius 3 is 2.77 bits per heavy atom. The highest BCUT2D eigenvalue weighted by atomic mass is 15.6. The van der Waals surface area contributed by atoms with E-state index in [2.05, 4.69) is 41.5 Å². The number of aromatic nitrogens is 6. The van der Waals surface area contributed by atoms with E-state index in [4.69, 9.17) is 0 Å². The average molecular weight is 296 g/mol. The molecule has 0 N–H and O–H groups in total. The molecule has 1 aliphatic heterocycles. The van der Waals surface area contributed by atoms with Crippen molar-refractivity contribution in [3.8, 4) is 0 Å². The maximum atomic E-state index is 4.45. The van der Waals surface area contributed by atoms with E-state index in [0.29, 0.717) is 5.65 Å². The maximum Gasteiger partial charge on any atom is 0.200 e. The summed E-state index contributed by atoms with van der Waals surface area (Å²) in [5.41, 5.74) is 1.92. The van der Waals surface area contributed by atoms with Crippen LogP contribution in [0.2, 0.25) is 0 Å². The molecule has 0 spiro atoms. The first kappa shape index (κ1) is 13.1. The summed E-state index contributed by atoms with van der Waals surface area (Å²) in [5.74, 6) is 0.917. The Kier molecular flexibility index (Phi) is 3.36. The second-order valence-corrected chi connectivity index (χ2v) is 5.34. The topological polar surface area (TPSA) is 75.3 Å². The van der Waals surface area contributed by atoms with Gasteiger partial charge in [0.2, 0.25) is 0 Å². The van der Waals surface area contributed by atoms with Crippen LogP contribution in [0.25, 0.3) is 5.65 Å². The minimum Gasteiger partial charge on any atom is -0.353 e. The number of tetrazole rings is 1. The summed E-state index contributed by atoms with van der Waals surface area (Å²) in [4.78, 5) is 8.87. The molecule has 0 atom stereocenters. The van der Waals surface area contributed by atoms with E-state index in [-0.39, 0.29) is 0 Å². The van der Waals surface area contributed by atoms with Crippen LogP contribution in [0.4, 0.5) is 5.82 Å². The van der Waals surface area contributed by atoms with Gasteiger partial charge < -0.3 is 4.90 Å². The third-order valence-electron chi connectivity index (χ3n) is 3.88. The summed E-state index contributed by atoms with van der Waals surface area (Å²) in [7, 11) is 0. The molecule has 8 heteroatoms. The molecule has 0 bridgehead atoms. The molecule has 1 saturated heterocycles. The smallest absolute Gasteiger partial charge is 0.200 e. The number of fused-ring (bicyclic) bond motifs is 1. The van der Waals surface area contributed by atoms with E-state index < -0.39 is 0 Å². The van der Waals surface area contributed by atoms with Crippen molar-refractivity contribution < 1.29 is 0 Å². The second kappa shape index (κ2) is 5.64. The summed E-state index contributed by atoms with van der Waals surface area (Å²) in [5, 5.41) is 15.8. The fourth-order valence-corrected chi connectivity index (χ4v) is 2.69. The lowest BCUT2D eigenvalue weighted by Gasteiger charge is -2.35. The molecule has 1 aliphatic rings. The molecule has 112 valence electrons. The molecule has 0 radical (unpaired) electrons. The molecule has 4 heterocycles. The van der Waals surface area contributed by atoms with Crippen LogP contribution in [0, 0.1) is 0 Å². The highest BCUT2D eigenvalue weighted by Crippen LogP contribution is 2.14. The Morgan fingerprint density at radius 1 is 1.05 bits per heavy atom. The molecular weight excluding hydrogens is 280 g/mol. The number of hydrogen-bond donors (Lipinski definition) is 0. The molecular formula is C14H16N8. The van der Waals surface area contributed by atoms with Crippen LogP contribution in [-0.2, 0) is 6.54 Å². The summed E-state index contributed by atoms with van der Waals surface area (Å²) < 4.78 is 1.47. The van der Waals surface area contributed by atoms with Crippen LogP contribution in [0.3, 0.4) is 0 Å². The standard InChI is InChI=1S/C14H16N8/c1-2-12(10-15-5-1)11-20-6-8-21(9-7-20)14-4-3-13-16-18-19-22(13)17-14/h1-5,10H,6-9,11H2. The summed E-state index contributed by atoms with van der Waals surface area (Å²) in [6.45, 7) is 4.84. The molecule has 0 aliphatic carbocycles. The number of nitrogens with zero attached hydrogens (tertiary/aromatic N) is 8. The van der Waals surface area contributed by atoms with E-state index in [1.807, 2.05) is 30.6 Å². The summed E-state index contributed by atoms with van der Waals surface area (Å²) in [6.07, 6.45) is 3.74. The third kappa shape index (κ3) is 2.60. The number of hydrogen-bond acceptors (Lipinski definition) is 7. The van der Waals surface area contributed by atoms with E-state index in [0.717, 1.165) is 38.5 Å². The van der Waals surface area contributed by atoms with Crippen molar-refractivity contribution in [1.82, 2.24) is 35.1 Å². The molecule has 1 fully saturated rings. The Bertz CT molecular complexity index is 748. The highest BCUT2D eigenvalue weighted by Gasteiger charge is 2.18. The zero-order valence-corrected chi connectivity index (χ0v) is 12.1. The highest BCUT2D eigenvalue weighted by molar-refractivity contribution is 5.44. The number of pyridine rings is 1. The molecule has 22 heavy (non-hydrogen) atoms. The lowest BCUT2D eigenvalue weighted by atomic mass is 10.2. The molecule has 0 aromatic carbocycles. The predicted octanol–water partition coefficient (Wildman–Crippen LogP) is 0.236. The molecule has 3 aromatic heterocycles. The molecule has 4 rings (SSSR count). The quantitative estimate of drug-likeness (QED) is 0.685. The van der Waals surface area contributed by atoms with E-state index in [1.165, 1.54) is 10.2 Å². The molecule has 0 saturated carbocycles. The van der Waals surface area contributed by atoms with E-state index in [9.17, 15) is 0 Å². The van der Waals surface area contributed by atoms with E-state index >= 15 is 0 Å². The van der Waals surface area contributed by atoms with Crippen LogP contribution in [-0.4, -0.2) is 61.3 Å².